The molecular weight excluding hydrogens is 344 g/mol. The van der Waals surface area contributed by atoms with Crippen molar-refractivity contribution in [3.63, 3.8) is 0 Å². The number of ether oxygens (including phenoxy) is 2. The largest absolute Gasteiger partial charge is 0.458 e. The maximum Gasteiger partial charge on any atom is 0.329 e. The molecule has 0 aromatic heterocycles. The minimum atomic E-state index is -0.898. The summed E-state index contributed by atoms with van der Waals surface area (Å²) in [6.45, 7) is 12.8. The lowest BCUT2D eigenvalue weighted by Crippen LogP contribution is -2.55. The first-order chi connectivity index (χ1) is 12.3. The van der Waals surface area contributed by atoms with Crippen molar-refractivity contribution >= 4 is 11.9 Å². The molecule has 0 spiro atoms. The Morgan fingerprint density at radius 2 is 1.59 bits per heavy atom. The second-order valence-corrected chi connectivity index (χ2v) is 8.75. The van der Waals surface area contributed by atoms with Crippen LogP contribution >= 0.6 is 0 Å². The number of hydrogen-bond acceptors (Lipinski definition) is 5. The Kier molecular flexibility index (Phi) is 7.99. The summed E-state index contributed by atoms with van der Waals surface area (Å²) >= 11 is 0. The zero-order valence-corrected chi connectivity index (χ0v) is 17.5. The molecule has 0 aliphatic rings. The van der Waals surface area contributed by atoms with Gasteiger partial charge in [0.1, 0.15) is 17.7 Å². The molecule has 0 fully saturated rings. The van der Waals surface area contributed by atoms with E-state index in [1.165, 1.54) is 0 Å². The van der Waals surface area contributed by atoms with E-state index in [0.29, 0.717) is 6.42 Å². The Labute approximate surface area is 162 Å². The topological polar surface area (TPSA) is 90.6 Å². The third kappa shape index (κ3) is 9.02. The van der Waals surface area contributed by atoms with E-state index in [4.69, 9.17) is 15.2 Å². The lowest BCUT2D eigenvalue weighted by molar-refractivity contribution is -0.159. The first-order valence-corrected chi connectivity index (χ1v) is 9.29. The fourth-order valence-electron chi connectivity index (χ4n) is 2.53. The minimum Gasteiger partial charge on any atom is -0.458 e. The number of hydrogen-bond donors (Lipinski definition) is 2. The van der Waals surface area contributed by atoms with Crippen LogP contribution < -0.4 is 11.1 Å². The fraction of sp³-hybridized carbons (Fsp3) is 0.619. The van der Waals surface area contributed by atoms with Gasteiger partial charge >= 0.3 is 5.97 Å². The summed E-state index contributed by atoms with van der Waals surface area (Å²) in [5, 5.41) is 2.74. The Bertz CT molecular complexity index is 617. The lowest BCUT2D eigenvalue weighted by atomic mass is 10.0. The molecule has 0 saturated heterocycles. The van der Waals surface area contributed by atoms with Gasteiger partial charge in [-0.15, -0.1) is 0 Å². The molecule has 27 heavy (non-hydrogen) atoms. The maximum atomic E-state index is 12.6. The molecule has 0 unspecified atom stereocenters. The lowest BCUT2D eigenvalue weighted by Gasteiger charge is -2.30. The predicted octanol–water partition coefficient (Wildman–Crippen LogP) is 2.59. The van der Waals surface area contributed by atoms with Gasteiger partial charge in [0.05, 0.1) is 11.7 Å². The molecule has 6 nitrogen and oxygen atoms in total. The zero-order chi connectivity index (χ0) is 20.8. The number of amides is 1. The SMILES string of the molecule is C[C@@H](OC(C)(C)C)[C@H](N)C(=O)N[C@@H](Cc1ccccc1)C(=O)OC(C)(C)C. The molecule has 0 aliphatic heterocycles. The summed E-state index contributed by atoms with van der Waals surface area (Å²) < 4.78 is 11.2. The number of carbonyl (C=O) groups excluding carboxylic acids is 2. The monoisotopic (exact) mass is 378 g/mol. The van der Waals surface area contributed by atoms with Crippen LogP contribution in [0.15, 0.2) is 30.3 Å². The Morgan fingerprint density at radius 1 is 1.04 bits per heavy atom. The molecule has 0 aliphatic carbocycles. The first kappa shape index (κ1) is 23.1. The number of nitrogens with one attached hydrogen (secondary N) is 1. The van der Waals surface area contributed by atoms with E-state index in [0.717, 1.165) is 5.56 Å². The number of nitrogens with two attached hydrogens (primary N) is 1. The predicted molar refractivity (Wildman–Crippen MR) is 106 cm³/mol. The molecule has 152 valence electrons. The van der Waals surface area contributed by atoms with Gasteiger partial charge in [-0.25, -0.2) is 4.79 Å². The molecule has 0 bridgehead atoms. The summed E-state index contributed by atoms with van der Waals surface area (Å²) in [6, 6.07) is 7.73. The standard InChI is InChI=1S/C21H34N2O4/c1-14(26-20(2,3)4)17(22)18(24)23-16(19(25)27-21(5,6)7)13-15-11-9-8-10-12-15/h8-12,14,16-17H,13,22H2,1-7H3,(H,23,24)/t14-,16+,17+/m1/s1. The highest BCUT2D eigenvalue weighted by molar-refractivity contribution is 5.88. The Hall–Kier alpha value is -1.92. The summed E-state index contributed by atoms with van der Waals surface area (Å²) in [5.74, 6) is -0.935. The summed E-state index contributed by atoms with van der Waals surface area (Å²) in [7, 11) is 0. The van der Waals surface area contributed by atoms with Crippen LogP contribution in [0.4, 0.5) is 0 Å². The fourth-order valence-corrected chi connectivity index (χ4v) is 2.53. The molecule has 1 aromatic rings. The average Bonchev–Trinajstić information content (AvgIpc) is 2.51. The Balaban J connectivity index is 2.88. The minimum absolute atomic E-state index is 0.322. The van der Waals surface area contributed by atoms with Crippen LogP contribution in [0.1, 0.15) is 54.0 Å². The van der Waals surface area contributed by atoms with Crippen molar-refractivity contribution in [3.8, 4) is 0 Å². The molecule has 6 heteroatoms. The molecular formula is C21H34N2O4. The van der Waals surface area contributed by atoms with Gasteiger partial charge in [0, 0.05) is 6.42 Å². The molecule has 1 amide bonds. The third-order valence-corrected chi connectivity index (χ3v) is 3.64. The van der Waals surface area contributed by atoms with Crippen LogP contribution in [-0.4, -0.2) is 41.3 Å². The molecule has 1 aromatic carbocycles. The van der Waals surface area contributed by atoms with Crippen LogP contribution in [0, 0.1) is 0 Å². The number of esters is 1. The van der Waals surface area contributed by atoms with E-state index in [1.54, 1.807) is 27.7 Å². The molecule has 1 rings (SSSR count). The van der Waals surface area contributed by atoms with Crippen molar-refractivity contribution in [1.82, 2.24) is 5.32 Å². The normalized spacial score (nSPS) is 15.6. The second kappa shape index (κ2) is 9.33. The maximum absolute atomic E-state index is 12.6. The van der Waals surface area contributed by atoms with Crippen molar-refractivity contribution < 1.29 is 19.1 Å². The summed E-state index contributed by atoms with van der Waals surface area (Å²) in [4.78, 5) is 25.2. The smallest absolute Gasteiger partial charge is 0.329 e. The van der Waals surface area contributed by atoms with Crippen LogP contribution in [0.5, 0.6) is 0 Å². The van der Waals surface area contributed by atoms with Gasteiger partial charge in [0.2, 0.25) is 5.91 Å². The molecule has 3 N–H and O–H groups in total. The van der Waals surface area contributed by atoms with E-state index in [2.05, 4.69) is 5.32 Å². The number of benzene rings is 1. The van der Waals surface area contributed by atoms with Crippen molar-refractivity contribution in [2.45, 2.75) is 84.3 Å². The number of rotatable bonds is 7. The third-order valence-electron chi connectivity index (χ3n) is 3.64. The van der Waals surface area contributed by atoms with Crippen molar-refractivity contribution in [2.24, 2.45) is 5.73 Å². The highest BCUT2D eigenvalue weighted by Crippen LogP contribution is 2.14. The van der Waals surface area contributed by atoms with Gasteiger partial charge in [0.25, 0.3) is 0 Å². The zero-order valence-electron chi connectivity index (χ0n) is 17.5. The van der Waals surface area contributed by atoms with Crippen LogP contribution in [0.2, 0.25) is 0 Å². The molecule has 0 heterocycles. The van der Waals surface area contributed by atoms with Gasteiger partial charge in [-0.2, -0.15) is 0 Å². The highest BCUT2D eigenvalue weighted by Gasteiger charge is 2.31. The molecule has 0 radical (unpaired) electrons. The highest BCUT2D eigenvalue weighted by atomic mass is 16.6. The van der Waals surface area contributed by atoms with Gasteiger partial charge in [-0.05, 0) is 54.0 Å². The van der Waals surface area contributed by atoms with Crippen molar-refractivity contribution in [3.05, 3.63) is 35.9 Å². The van der Waals surface area contributed by atoms with E-state index in [-0.39, 0.29) is 0 Å². The Morgan fingerprint density at radius 3 is 2.07 bits per heavy atom. The van der Waals surface area contributed by atoms with Gasteiger partial charge in [-0.1, -0.05) is 30.3 Å². The number of carbonyl (C=O) groups is 2. The van der Waals surface area contributed by atoms with Crippen molar-refractivity contribution in [1.29, 1.82) is 0 Å². The van der Waals surface area contributed by atoms with Gasteiger partial charge in [0.15, 0.2) is 0 Å². The van der Waals surface area contributed by atoms with Gasteiger partial charge in [-0.3, -0.25) is 4.79 Å². The van der Waals surface area contributed by atoms with E-state index in [1.807, 2.05) is 51.1 Å². The van der Waals surface area contributed by atoms with Crippen LogP contribution in [-0.2, 0) is 25.5 Å². The van der Waals surface area contributed by atoms with Crippen LogP contribution in [0.3, 0.4) is 0 Å². The van der Waals surface area contributed by atoms with Crippen molar-refractivity contribution in [2.75, 3.05) is 0 Å². The second-order valence-electron chi connectivity index (χ2n) is 8.75. The van der Waals surface area contributed by atoms with E-state index < -0.39 is 41.3 Å². The molecule has 0 saturated carbocycles. The summed E-state index contributed by atoms with van der Waals surface area (Å²) in [5.41, 5.74) is 5.89. The van der Waals surface area contributed by atoms with E-state index >= 15 is 0 Å². The first-order valence-electron chi connectivity index (χ1n) is 9.29. The average molecular weight is 379 g/mol. The quantitative estimate of drug-likeness (QED) is 0.712. The molecule has 3 atom stereocenters. The summed E-state index contributed by atoms with van der Waals surface area (Å²) in [6.07, 6.45) is -0.177. The van der Waals surface area contributed by atoms with E-state index in [9.17, 15) is 9.59 Å². The van der Waals surface area contributed by atoms with Crippen LogP contribution in [0.25, 0.3) is 0 Å². The van der Waals surface area contributed by atoms with Gasteiger partial charge < -0.3 is 20.5 Å².